The highest BCUT2D eigenvalue weighted by molar-refractivity contribution is 7.13. The van der Waals surface area contributed by atoms with E-state index in [4.69, 9.17) is 5.73 Å². The molecule has 0 atom stereocenters. The van der Waals surface area contributed by atoms with E-state index in [-0.39, 0.29) is 29.5 Å². The summed E-state index contributed by atoms with van der Waals surface area (Å²) in [7, 11) is 0. The summed E-state index contributed by atoms with van der Waals surface area (Å²) in [5, 5.41) is 13.2. The molecule has 3 rings (SSSR count). The monoisotopic (exact) mass is 360 g/mol. The van der Waals surface area contributed by atoms with Crippen LogP contribution < -0.4 is 11.1 Å². The first kappa shape index (κ1) is 17.2. The van der Waals surface area contributed by atoms with Crippen LogP contribution in [-0.2, 0) is 6.61 Å². The molecule has 2 heterocycles. The number of nitrogen functional groups attached to an aromatic ring is 1. The molecule has 0 saturated carbocycles. The van der Waals surface area contributed by atoms with Gasteiger partial charge in [0.1, 0.15) is 5.82 Å². The molecule has 0 fully saturated rings. The number of nitrogens with zero attached hydrogens (tertiary/aromatic N) is 2. The number of aliphatic hydroxyl groups excluding tert-OH is 1. The van der Waals surface area contributed by atoms with Crippen molar-refractivity contribution in [2.45, 2.75) is 20.0 Å². The first-order valence-electron chi connectivity index (χ1n) is 7.77. The summed E-state index contributed by atoms with van der Waals surface area (Å²) in [6, 6.07) is 2.82. The molecule has 1 aromatic carbocycles. The van der Waals surface area contributed by atoms with Gasteiger partial charge in [0.15, 0.2) is 5.69 Å². The van der Waals surface area contributed by atoms with Crippen molar-refractivity contribution in [3.05, 3.63) is 41.0 Å². The second-order valence-corrected chi connectivity index (χ2v) is 6.30. The number of nitrogens with one attached hydrogen (secondary N) is 1. The molecule has 0 saturated heterocycles. The van der Waals surface area contributed by atoms with Crippen LogP contribution in [0.3, 0.4) is 0 Å². The number of carbonyl (C=O) groups is 1. The average molecular weight is 360 g/mol. The topological polar surface area (TPSA) is 101 Å². The molecule has 2 aromatic heterocycles. The number of fused-ring (bicyclic) bond motifs is 1. The summed E-state index contributed by atoms with van der Waals surface area (Å²) in [5.41, 5.74) is 8.65. The zero-order valence-electron chi connectivity index (χ0n) is 13.5. The number of benzene rings is 1. The van der Waals surface area contributed by atoms with E-state index < -0.39 is 5.82 Å². The zero-order valence-corrected chi connectivity index (χ0v) is 14.4. The minimum Gasteiger partial charge on any atom is -0.396 e. The number of hydrogen-bond donors (Lipinski definition) is 3. The van der Waals surface area contributed by atoms with Gasteiger partial charge >= 0.3 is 0 Å². The van der Waals surface area contributed by atoms with Crippen LogP contribution >= 0.6 is 11.3 Å². The van der Waals surface area contributed by atoms with Crippen molar-refractivity contribution >= 4 is 33.7 Å². The van der Waals surface area contributed by atoms with Gasteiger partial charge in [-0.25, -0.2) is 14.4 Å². The summed E-state index contributed by atoms with van der Waals surface area (Å²) in [4.78, 5) is 20.9. The number of aromatic nitrogens is 2. The highest BCUT2D eigenvalue weighted by Gasteiger charge is 2.20. The molecule has 6 nitrogen and oxygen atoms in total. The molecular formula is C17H17FN4O2S. The van der Waals surface area contributed by atoms with E-state index in [0.29, 0.717) is 27.9 Å². The third kappa shape index (κ3) is 3.06. The number of thiazole rings is 1. The van der Waals surface area contributed by atoms with E-state index in [0.717, 1.165) is 6.42 Å². The average Bonchev–Trinajstić information content (AvgIpc) is 3.08. The fourth-order valence-corrected chi connectivity index (χ4v) is 3.47. The highest BCUT2D eigenvalue weighted by Crippen LogP contribution is 2.37. The van der Waals surface area contributed by atoms with Crippen molar-refractivity contribution in [2.24, 2.45) is 0 Å². The number of nitrogens with two attached hydrogens (primary N) is 1. The van der Waals surface area contributed by atoms with Crippen molar-refractivity contribution < 1.29 is 14.3 Å². The van der Waals surface area contributed by atoms with Gasteiger partial charge in [-0.3, -0.25) is 4.79 Å². The van der Waals surface area contributed by atoms with Crippen molar-refractivity contribution in [3.8, 4) is 10.4 Å². The lowest BCUT2D eigenvalue weighted by Crippen LogP contribution is -2.26. The lowest BCUT2D eigenvalue weighted by molar-refractivity contribution is 0.0950. The number of anilines is 1. The SMILES string of the molecule is CCCNC(=O)c1ncc2c(-c3scnc3CO)c(F)ccc2c1N. The number of hydrogen-bond acceptors (Lipinski definition) is 6. The lowest BCUT2D eigenvalue weighted by Gasteiger charge is -2.12. The minimum absolute atomic E-state index is 0.116. The van der Waals surface area contributed by atoms with Crippen LogP contribution in [0.2, 0.25) is 0 Å². The fourth-order valence-electron chi connectivity index (χ4n) is 2.61. The Hall–Kier alpha value is -2.58. The van der Waals surface area contributed by atoms with Gasteiger partial charge in [0.25, 0.3) is 5.91 Å². The van der Waals surface area contributed by atoms with Crippen LogP contribution in [-0.4, -0.2) is 27.5 Å². The standard InChI is InChI=1S/C17H17FN4O2S/c1-2-5-20-17(24)15-14(19)9-3-4-11(18)13(10(9)6-21-15)16-12(7-23)22-8-25-16/h3-4,6,8,23H,2,5,7,19H2,1H3,(H,20,24). The molecule has 0 aliphatic heterocycles. The smallest absolute Gasteiger partial charge is 0.272 e. The molecule has 0 aliphatic carbocycles. The van der Waals surface area contributed by atoms with Crippen LogP contribution in [0.1, 0.15) is 29.5 Å². The Morgan fingerprint density at radius 1 is 1.36 bits per heavy atom. The number of amides is 1. The highest BCUT2D eigenvalue weighted by atomic mass is 32.1. The van der Waals surface area contributed by atoms with Gasteiger partial charge in [-0.15, -0.1) is 11.3 Å². The molecule has 0 spiro atoms. The molecule has 0 unspecified atom stereocenters. The van der Waals surface area contributed by atoms with Gasteiger partial charge < -0.3 is 16.2 Å². The summed E-state index contributed by atoms with van der Waals surface area (Å²) in [5.74, 6) is -0.822. The molecule has 0 aliphatic rings. The molecule has 3 aromatic rings. The Morgan fingerprint density at radius 2 is 2.16 bits per heavy atom. The number of aliphatic hydroxyl groups is 1. The number of rotatable bonds is 5. The molecule has 4 N–H and O–H groups in total. The maximum Gasteiger partial charge on any atom is 0.272 e. The van der Waals surface area contributed by atoms with Crippen LogP contribution in [0.15, 0.2) is 23.8 Å². The fraction of sp³-hybridized carbons (Fsp3) is 0.235. The molecule has 1 amide bonds. The summed E-state index contributed by atoms with van der Waals surface area (Å²) < 4.78 is 14.5. The van der Waals surface area contributed by atoms with E-state index in [1.54, 1.807) is 5.51 Å². The van der Waals surface area contributed by atoms with Crippen LogP contribution in [0.25, 0.3) is 21.2 Å². The van der Waals surface area contributed by atoms with E-state index in [1.165, 1.54) is 29.7 Å². The van der Waals surface area contributed by atoms with Crippen molar-refractivity contribution in [1.29, 1.82) is 0 Å². The first-order valence-corrected chi connectivity index (χ1v) is 8.64. The van der Waals surface area contributed by atoms with Crippen LogP contribution in [0, 0.1) is 5.82 Å². The number of pyridine rings is 1. The predicted octanol–water partition coefficient (Wildman–Crippen LogP) is 2.71. The Balaban J connectivity index is 2.19. The molecule has 0 radical (unpaired) electrons. The Kier molecular flexibility index (Phi) is 4.91. The second kappa shape index (κ2) is 7.12. The van der Waals surface area contributed by atoms with Gasteiger partial charge in [0.2, 0.25) is 0 Å². The van der Waals surface area contributed by atoms with Crippen LogP contribution in [0.5, 0.6) is 0 Å². The van der Waals surface area contributed by atoms with Gasteiger partial charge in [0, 0.05) is 29.1 Å². The Bertz CT molecular complexity index is 942. The normalized spacial score (nSPS) is 11.0. The first-order chi connectivity index (χ1) is 12.1. The van der Waals surface area contributed by atoms with Gasteiger partial charge in [-0.05, 0) is 18.6 Å². The van der Waals surface area contributed by atoms with E-state index in [9.17, 15) is 14.3 Å². The lowest BCUT2D eigenvalue weighted by atomic mass is 10.0. The molecule has 0 bridgehead atoms. The maximum atomic E-state index is 14.5. The Labute approximate surface area is 147 Å². The van der Waals surface area contributed by atoms with E-state index in [2.05, 4.69) is 15.3 Å². The third-order valence-corrected chi connectivity index (χ3v) is 4.72. The number of halogens is 1. The summed E-state index contributed by atoms with van der Waals surface area (Å²) in [6.07, 6.45) is 2.23. The van der Waals surface area contributed by atoms with Crippen molar-refractivity contribution in [2.75, 3.05) is 12.3 Å². The minimum atomic E-state index is -0.462. The van der Waals surface area contributed by atoms with Crippen molar-refractivity contribution in [3.63, 3.8) is 0 Å². The quantitative estimate of drug-likeness (QED) is 0.649. The largest absolute Gasteiger partial charge is 0.396 e. The summed E-state index contributed by atoms with van der Waals surface area (Å²) >= 11 is 1.22. The maximum absolute atomic E-state index is 14.5. The molecule has 8 heteroatoms. The number of carbonyl (C=O) groups excluding carboxylic acids is 1. The van der Waals surface area contributed by atoms with Gasteiger partial charge in [-0.1, -0.05) is 6.92 Å². The third-order valence-electron chi connectivity index (χ3n) is 3.83. The zero-order chi connectivity index (χ0) is 18.0. The van der Waals surface area contributed by atoms with Crippen LogP contribution in [0.4, 0.5) is 10.1 Å². The molecule has 130 valence electrons. The summed E-state index contributed by atoms with van der Waals surface area (Å²) in [6.45, 7) is 2.17. The van der Waals surface area contributed by atoms with E-state index in [1.807, 2.05) is 6.92 Å². The Morgan fingerprint density at radius 3 is 2.88 bits per heavy atom. The molecular weight excluding hydrogens is 343 g/mol. The van der Waals surface area contributed by atoms with Gasteiger partial charge in [-0.2, -0.15) is 0 Å². The second-order valence-electron chi connectivity index (χ2n) is 5.45. The molecule has 25 heavy (non-hydrogen) atoms. The van der Waals surface area contributed by atoms with Gasteiger partial charge in [0.05, 0.1) is 28.4 Å². The van der Waals surface area contributed by atoms with E-state index >= 15 is 0 Å². The van der Waals surface area contributed by atoms with Crippen molar-refractivity contribution in [1.82, 2.24) is 15.3 Å². The predicted molar refractivity (Wildman–Crippen MR) is 95.8 cm³/mol.